The van der Waals surface area contributed by atoms with Crippen molar-refractivity contribution in [2.45, 2.75) is 0 Å². The highest BCUT2D eigenvalue weighted by molar-refractivity contribution is 5.84. The first-order valence-electron chi connectivity index (χ1n) is 4.32. The van der Waals surface area contributed by atoms with Crippen molar-refractivity contribution in [3.8, 4) is 5.82 Å². The predicted molar refractivity (Wildman–Crippen MR) is 52.8 cm³/mol. The molecule has 2 heterocycles. The van der Waals surface area contributed by atoms with Gasteiger partial charge in [-0.25, -0.2) is 14.8 Å². The van der Waals surface area contributed by atoms with Crippen LogP contribution in [-0.2, 0) is 0 Å². The second-order valence-corrected chi connectivity index (χ2v) is 2.96. The number of rotatable bonds is 3. The highest BCUT2D eigenvalue weighted by atomic mass is 16.6. The highest BCUT2D eigenvalue weighted by Gasteiger charge is 2.12. The zero-order chi connectivity index (χ0) is 12.4. The lowest BCUT2D eigenvalue weighted by Crippen LogP contribution is -2.03. The number of imidazole rings is 1. The van der Waals surface area contributed by atoms with E-state index in [1.54, 1.807) is 0 Å². The van der Waals surface area contributed by atoms with Crippen LogP contribution in [0.3, 0.4) is 0 Å². The van der Waals surface area contributed by atoms with Crippen molar-refractivity contribution < 1.29 is 14.8 Å². The molecule has 2 aromatic heterocycles. The normalized spacial score (nSPS) is 10.1. The number of carboxylic acid groups (broad SMARTS) is 1. The van der Waals surface area contributed by atoms with Gasteiger partial charge in [-0.3, -0.25) is 4.57 Å². The van der Waals surface area contributed by atoms with Gasteiger partial charge in [-0.15, -0.1) is 0 Å². The van der Waals surface area contributed by atoms with Crippen LogP contribution in [0.15, 0.2) is 24.9 Å². The first-order chi connectivity index (χ1) is 8.08. The van der Waals surface area contributed by atoms with E-state index >= 15 is 0 Å². The van der Waals surface area contributed by atoms with Gasteiger partial charge >= 0.3 is 11.8 Å². The molecule has 0 fully saturated rings. The molecule has 0 amide bonds. The lowest BCUT2D eigenvalue weighted by molar-refractivity contribution is -0.389. The standard InChI is InChI=1S/C8H5N5O4/c14-8(15)5-1-10-6(2-9-5)12-3-7(11-4-12)13(16)17/h1-4H,(H,14,15). The second-order valence-electron chi connectivity index (χ2n) is 2.96. The first kappa shape index (κ1) is 10.7. The average molecular weight is 235 g/mol. The van der Waals surface area contributed by atoms with Crippen LogP contribution >= 0.6 is 0 Å². The molecule has 0 atom stereocenters. The van der Waals surface area contributed by atoms with E-state index in [0.717, 1.165) is 12.4 Å². The minimum atomic E-state index is -1.19. The zero-order valence-electron chi connectivity index (χ0n) is 8.22. The van der Waals surface area contributed by atoms with E-state index in [4.69, 9.17) is 5.11 Å². The number of hydrogen-bond acceptors (Lipinski definition) is 6. The summed E-state index contributed by atoms with van der Waals surface area (Å²) in [6, 6.07) is 0. The van der Waals surface area contributed by atoms with E-state index < -0.39 is 10.9 Å². The fourth-order valence-electron chi connectivity index (χ4n) is 1.10. The van der Waals surface area contributed by atoms with E-state index in [1.165, 1.54) is 17.1 Å². The molecule has 0 spiro atoms. The van der Waals surface area contributed by atoms with Gasteiger partial charge < -0.3 is 15.2 Å². The molecule has 0 radical (unpaired) electrons. The van der Waals surface area contributed by atoms with Crippen molar-refractivity contribution in [1.29, 1.82) is 0 Å². The second kappa shape index (κ2) is 3.96. The van der Waals surface area contributed by atoms with E-state index in [1.807, 2.05) is 0 Å². The number of aromatic nitrogens is 4. The third-order valence-corrected chi connectivity index (χ3v) is 1.88. The maximum atomic E-state index is 10.5. The number of aromatic carboxylic acids is 1. The van der Waals surface area contributed by atoms with Gasteiger partial charge in [-0.2, -0.15) is 0 Å². The predicted octanol–water partition coefficient (Wildman–Crippen LogP) is 0.269. The van der Waals surface area contributed by atoms with Gasteiger partial charge in [0.25, 0.3) is 0 Å². The summed E-state index contributed by atoms with van der Waals surface area (Å²) >= 11 is 0. The molecule has 0 unspecified atom stereocenters. The third-order valence-electron chi connectivity index (χ3n) is 1.88. The van der Waals surface area contributed by atoms with Crippen molar-refractivity contribution in [2.75, 3.05) is 0 Å². The SMILES string of the molecule is O=C(O)c1cnc(-n2cnc([N+](=O)[O-])c2)cn1. The van der Waals surface area contributed by atoms with Crippen molar-refractivity contribution in [2.24, 2.45) is 0 Å². The van der Waals surface area contributed by atoms with Gasteiger partial charge in [-0.05, 0) is 9.91 Å². The van der Waals surface area contributed by atoms with Crippen LogP contribution in [0.25, 0.3) is 5.82 Å². The lowest BCUT2D eigenvalue weighted by Gasteiger charge is -1.98. The van der Waals surface area contributed by atoms with Crippen LogP contribution in [0.1, 0.15) is 10.5 Å². The molecule has 9 nitrogen and oxygen atoms in total. The molecule has 17 heavy (non-hydrogen) atoms. The Balaban J connectivity index is 2.33. The van der Waals surface area contributed by atoms with Crippen molar-refractivity contribution in [3.05, 3.63) is 40.7 Å². The van der Waals surface area contributed by atoms with Crippen LogP contribution in [-0.4, -0.2) is 35.5 Å². The monoisotopic (exact) mass is 235 g/mol. The summed E-state index contributed by atoms with van der Waals surface area (Å²) in [6.45, 7) is 0. The number of carbonyl (C=O) groups is 1. The highest BCUT2D eigenvalue weighted by Crippen LogP contribution is 2.10. The Hall–Kier alpha value is -2.84. The molecule has 86 valence electrons. The fraction of sp³-hybridized carbons (Fsp3) is 0. The van der Waals surface area contributed by atoms with Gasteiger partial charge in [0.05, 0.1) is 12.4 Å². The van der Waals surface area contributed by atoms with Gasteiger partial charge in [0.2, 0.25) is 6.33 Å². The van der Waals surface area contributed by atoms with Crippen LogP contribution in [0, 0.1) is 10.1 Å². The summed E-state index contributed by atoms with van der Waals surface area (Å²) in [7, 11) is 0. The lowest BCUT2D eigenvalue weighted by atomic mass is 10.4. The van der Waals surface area contributed by atoms with Crippen LogP contribution < -0.4 is 0 Å². The molecular weight excluding hydrogens is 230 g/mol. The van der Waals surface area contributed by atoms with Crippen molar-refractivity contribution in [1.82, 2.24) is 19.5 Å². The number of hydrogen-bond donors (Lipinski definition) is 1. The van der Waals surface area contributed by atoms with Gasteiger partial charge in [0.15, 0.2) is 11.5 Å². The van der Waals surface area contributed by atoms with Crippen LogP contribution in [0.4, 0.5) is 5.82 Å². The Bertz CT molecular complexity index is 576. The molecule has 0 aromatic carbocycles. The van der Waals surface area contributed by atoms with Crippen molar-refractivity contribution in [3.63, 3.8) is 0 Å². The Labute approximate surface area is 93.5 Å². The Morgan fingerprint density at radius 2 is 2.12 bits per heavy atom. The Morgan fingerprint density at radius 1 is 1.35 bits per heavy atom. The topological polar surface area (TPSA) is 124 Å². The minimum Gasteiger partial charge on any atom is -0.476 e. The number of carboxylic acids is 1. The van der Waals surface area contributed by atoms with E-state index in [2.05, 4.69) is 15.0 Å². The number of nitrogens with zero attached hydrogens (tertiary/aromatic N) is 5. The molecule has 9 heteroatoms. The average Bonchev–Trinajstić information content (AvgIpc) is 2.78. The quantitative estimate of drug-likeness (QED) is 0.597. The molecule has 2 aromatic rings. The van der Waals surface area contributed by atoms with Gasteiger partial charge in [0, 0.05) is 0 Å². The Kier molecular flexibility index (Phi) is 2.49. The van der Waals surface area contributed by atoms with E-state index in [-0.39, 0.29) is 17.3 Å². The minimum absolute atomic E-state index is 0.205. The molecule has 0 saturated carbocycles. The van der Waals surface area contributed by atoms with Crippen molar-refractivity contribution >= 4 is 11.8 Å². The number of nitro groups is 1. The summed E-state index contributed by atoms with van der Waals surface area (Å²) in [5.41, 5.74) is -0.205. The van der Waals surface area contributed by atoms with Gasteiger partial charge in [0.1, 0.15) is 6.20 Å². The molecule has 0 aliphatic carbocycles. The Morgan fingerprint density at radius 3 is 2.59 bits per heavy atom. The summed E-state index contributed by atoms with van der Waals surface area (Å²) in [5.74, 6) is -1.27. The van der Waals surface area contributed by atoms with E-state index in [9.17, 15) is 14.9 Å². The van der Waals surface area contributed by atoms with Gasteiger partial charge in [-0.1, -0.05) is 0 Å². The maximum Gasteiger partial charge on any atom is 0.381 e. The smallest absolute Gasteiger partial charge is 0.381 e. The maximum absolute atomic E-state index is 10.5. The summed E-state index contributed by atoms with van der Waals surface area (Å²) < 4.78 is 1.27. The molecule has 1 N–H and O–H groups in total. The summed E-state index contributed by atoms with van der Waals surface area (Å²) in [4.78, 5) is 31.3. The summed E-state index contributed by atoms with van der Waals surface area (Å²) in [6.07, 6.45) is 4.60. The van der Waals surface area contributed by atoms with Crippen LogP contribution in [0.2, 0.25) is 0 Å². The molecule has 0 saturated heterocycles. The molecule has 0 bridgehead atoms. The molecule has 0 aliphatic heterocycles. The molecule has 2 rings (SSSR count). The van der Waals surface area contributed by atoms with E-state index in [0.29, 0.717) is 0 Å². The fourth-order valence-corrected chi connectivity index (χ4v) is 1.10. The third kappa shape index (κ3) is 2.07. The summed E-state index contributed by atoms with van der Waals surface area (Å²) in [5, 5.41) is 19.0. The first-order valence-corrected chi connectivity index (χ1v) is 4.32. The molecular formula is C8H5N5O4. The molecule has 0 aliphatic rings. The largest absolute Gasteiger partial charge is 0.476 e. The zero-order valence-corrected chi connectivity index (χ0v) is 8.22. The van der Waals surface area contributed by atoms with Crippen LogP contribution in [0.5, 0.6) is 0 Å².